The molecule has 0 atom stereocenters. The first-order valence-corrected chi connectivity index (χ1v) is 7.32. The van der Waals surface area contributed by atoms with Crippen LogP contribution < -0.4 is 9.64 Å². The van der Waals surface area contributed by atoms with E-state index in [2.05, 4.69) is 5.10 Å². The molecule has 1 fully saturated rings. The maximum Gasteiger partial charge on any atom is 0.346 e. The molecule has 22 heavy (non-hydrogen) atoms. The van der Waals surface area contributed by atoms with Crippen LogP contribution in [0.3, 0.4) is 0 Å². The fourth-order valence-electron chi connectivity index (χ4n) is 2.44. The molecule has 114 valence electrons. The number of hydrogen-bond donors (Lipinski definition) is 0. The minimum atomic E-state index is -0.454. The van der Waals surface area contributed by atoms with Gasteiger partial charge in [-0.15, -0.1) is 0 Å². The number of aryl methyl sites for hydroxylation is 1. The normalized spacial score (nSPS) is 14.4. The molecule has 6 heteroatoms. The third-order valence-electron chi connectivity index (χ3n) is 3.61. The van der Waals surface area contributed by atoms with Crippen molar-refractivity contribution in [2.75, 3.05) is 11.4 Å². The van der Waals surface area contributed by atoms with Crippen LogP contribution in [0, 0.1) is 0 Å². The van der Waals surface area contributed by atoms with E-state index < -0.39 is 5.97 Å². The average Bonchev–Trinajstić information content (AvgIpc) is 3.16. The summed E-state index contributed by atoms with van der Waals surface area (Å²) >= 11 is 0. The van der Waals surface area contributed by atoms with Crippen LogP contribution in [0.2, 0.25) is 0 Å². The van der Waals surface area contributed by atoms with Gasteiger partial charge in [0.2, 0.25) is 5.91 Å². The van der Waals surface area contributed by atoms with Gasteiger partial charge in [-0.1, -0.05) is 6.07 Å². The van der Waals surface area contributed by atoms with E-state index in [0.29, 0.717) is 30.8 Å². The molecule has 1 aromatic heterocycles. The van der Waals surface area contributed by atoms with Crippen molar-refractivity contribution in [3.05, 3.63) is 42.2 Å². The molecule has 1 aromatic carbocycles. The SMILES string of the molecule is CCn1cc(C(=O)Oc2cccc(N3CCCC3=O)c2)cn1. The monoisotopic (exact) mass is 299 g/mol. The van der Waals surface area contributed by atoms with E-state index in [4.69, 9.17) is 4.74 Å². The van der Waals surface area contributed by atoms with Crippen molar-refractivity contribution in [2.45, 2.75) is 26.3 Å². The molecular formula is C16H17N3O3. The second-order valence-electron chi connectivity index (χ2n) is 5.12. The summed E-state index contributed by atoms with van der Waals surface area (Å²) in [6.07, 6.45) is 4.56. The van der Waals surface area contributed by atoms with Crippen molar-refractivity contribution in [1.29, 1.82) is 0 Å². The number of rotatable bonds is 4. The molecule has 0 radical (unpaired) electrons. The van der Waals surface area contributed by atoms with E-state index in [1.807, 2.05) is 13.0 Å². The quantitative estimate of drug-likeness (QED) is 0.641. The number of ether oxygens (including phenoxy) is 1. The van der Waals surface area contributed by atoms with Gasteiger partial charge >= 0.3 is 5.97 Å². The van der Waals surface area contributed by atoms with E-state index in [9.17, 15) is 9.59 Å². The van der Waals surface area contributed by atoms with Gasteiger partial charge in [0, 0.05) is 37.5 Å². The van der Waals surface area contributed by atoms with Crippen LogP contribution in [0.1, 0.15) is 30.1 Å². The summed E-state index contributed by atoms with van der Waals surface area (Å²) in [6.45, 7) is 3.35. The Labute approximate surface area is 128 Å². The number of carbonyl (C=O) groups is 2. The molecule has 0 aliphatic carbocycles. The summed E-state index contributed by atoms with van der Waals surface area (Å²) in [5.74, 6) is 0.0729. The van der Waals surface area contributed by atoms with E-state index in [1.165, 1.54) is 6.20 Å². The second-order valence-corrected chi connectivity index (χ2v) is 5.12. The maximum absolute atomic E-state index is 12.1. The summed E-state index contributed by atoms with van der Waals surface area (Å²) in [5, 5.41) is 4.05. The third-order valence-corrected chi connectivity index (χ3v) is 3.61. The highest BCUT2D eigenvalue weighted by molar-refractivity contribution is 5.95. The number of nitrogens with zero attached hydrogens (tertiary/aromatic N) is 3. The van der Waals surface area contributed by atoms with Crippen molar-refractivity contribution in [2.24, 2.45) is 0 Å². The van der Waals surface area contributed by atoms with Crippen molar-refractivity contribution in [3.63, 3.8) is 0 Å². The van der Waals surface area contributed by atoms with Crippen LogP contribution in [-0.2, 0) is 11.3 Å². The zero-order chi connectivity index (χ0) is 15.5. The number of carbonyl (C=O) groups excluding carboxylic acids is 2. The number of anilines is 1. The van der Waals surface area contributed by atoms with Crippen LogP contribution in [0.5, 0.6) is 5.75 Å². The van der Waals surface area contributed by atoms with Crippen molar-refractivity contribution in [1.82, 2.24) is 9.78 Å². The van der Waals surface area contributed by atoms with Crippen molar-refractivity contribution >= 4 is 17.6 Å². The summed E-state index contributed by atoms with van der Waals surface area (Å²) in [5.41, 5.74) is 1.17. The summed E-state index contributed by atoms with van der Waals surface area (Å²) in [4.78, 5) is 25.6. The van der Waals surface area contributed by atoms with Gasteiger partial charge in [0.15, 0.2) is 0 Å². The molecule has 0 bridgehead atoms. The van der Waals surface area contributed by atoms with E-state index in [1.54, 1.807) is 34.0 Å². The summed E-state index contributed by atoms with van der Waals surface area (Å²) < 4.78 is 7.03. The second kappa shape index (κ2) is 6.01. The number of hydrogen-bond acceptors (Lipinski definition) is 4. The molecule has 0 saturated carbocycles. The fourth-order valence-corrected chi connectivity index (χ4v) is 2.44. The predicted octanol–water partition coefficient (Wildman–Crippen LogP) is 2.25. The topological polar surface area (TPSA) is 64.4 Å². The Morgan fingerprint density at radius 3 is 2.95 bits per heavy atom. The molecule has 0 spiro atoms. The highest BCUT2D eigenvalue weighted by atomic mass is 16.5. The Morgan fingerprint density at radius 2 is 2.27 bits per heavy atom. The lowest BCUT2D eigenvalue weighted by atomic mass is 10.2. The summed E-state index contributed by atoms with van der Waals surface area (Å²) in [6, 6.07) is 7.03. The first-order chi connectivity index (χ1) is 10.7. The molecule has 6 nitrogen and oxygen atoms in total. The molecule has 2 heterocycles. The maximum atomic E-state index is 12.1. The minimum Gasteiger partial charge on any atom is -0.423 e. The fraction of sp³-hybridized carbons (Fsp3) is 0.312. The average molecular weight is 299 g/mol. The Balaban J connectivity index is 1.75. The zero-order valence-corrected chi connectivity index (χ0v) is 12.4. The zero-order valence-electron chi connectivity index (χ0n) is 12.4. The molecule has 1 saturated heterocycles. The highest BCUT2D eigenvalue weighted by Crippen LogP contribution is 2.25. The van der Waals surface area contributed by atoms with E-state index in [-0.39, 0.29) is 5.91 Å². The first kappa shape index (κ1) is 14.3. The van der Waals surface area contributed by atoms with Gasteiger partial charge in [-0.05, 0) is 25.5 Å². The van der Waals surface area contributed by atoms with Gasteiger partial charge in [-0.25, -0.2) is 4.79 Å². The lowest BCUT2D eigenvalue weighted by molar-refractivity contribution is -0.117. The highest BCUT2D eigenvalue weighted by Gasteiger charge is 2.22. The van der Waals surface area contributed by atoms with Crippen molar-refractivity contribution < 1.29 is 14.3 Å². The molecule has 0 unspecified atom stereocenters. The molecule has 1 aliphatic heterocycles. The van der Waals surface area contributed by atoms with E-state index in [0.717, 1.165) is 12.1 Å². The van der Waals surface area contributed by atoms with Gasteiger partial charge in [-0.3, -0.25) is 9.48 Å². The lowest BCUT2D eigenvalue weighted by Gasteiger charge is -2.16. The number of amides is 1. The predicted molar refractivity (Wildman–Crippen MR) is 80.9 cm³/mol. The minimum absolute atomic E-state index is 0.104. The lowest BCUT2D eigenvalue weighted by Crippen LogP contribution is -2.23. The van der Waals surface area contributed by atoms with Crippen LogP contribution in [0.15, 0.2) is 36.7 Å². The van der Waals surface area contributed by atoms with Crippen LogP contribution >= 0.6 is 0 Å². The Kier molecular flexibility index (Phi) is 3.91. The van der Waals surface area contributed by atoms with Gasteiger partial charge in [-0.2, -0.15) is 5.10 Å². The first-order valence-electron chi connectivity index (χ1n) is 7.32. The Morgan fingerprint density at radius 1 is 1.41 bits per heavy atom. The molecule has 0 N–H and O–H groups in total. The molecular weight excluding hydrogens is 282 g/mol. The number of aromatic nitrogens is 2. The largest absolute Gasteiger partial charge is 0.423 e. The van der Waals surface area contributed by atoms with Crippen LogP contribution in [-0.4, -0.2) is 28.2 Å². The smallest absolute Gasteiger partial charge is 0.346 e. The third kappa shape index (κ3) is 2.86. The molecule has 3 rings (SSSR count). The van der Waals surface area contributed by atoms with Crippen molar-refractivity contribution in [3.8, 4) is 5.75 Å². The van der Waals surface area contributed by atoms with E-state index >= 15 is 0 Å². The van der Waals surface area contributed by atoms with Gasteiger partial charge < -0.3 is 9.64 Å². The Hall–Kier alpha value is -2.63. The number of benzene rings is 1. The van der Waals surface area contributed by atoms with Crippen LogP contribution in [0.25, 0.3) is 0 Å². The standard InChI is InChI=1S/C16H17N3O3/c1-2-18-11-12(10-17-18)16(21)22-14-6-3-5-13(9-14)19-8-4-7-15(19)20/h3,5-6,9-11H,2,4,7-8H2,1H3. The number of esters is 1. The molecule has 1 amide bonds. The van der Waals surface area contributed by atoms with Crippen LogP contribution in [0.4, 0.5) is 5.69 Å². The summed E-state index contributed by atoms with van der Waals surface area (Å²) in [7, 11) is 0. The molecule has 2 aromatic rings. The van der Waals surface area contributed by atoms with Gasteiger partial charge in [0.25, 0.3) is 0 Å². The Bertz CT molecular complexity index is 708. The molecule has 1 aliphatic rings. The van der Waals surface area contributed by atoms with Gasteiger partial charge in [0.1, 0.15) is 5.75 Å². The van der Waals surface area contributed by atoms with Gasteiger partial charge in [0.05, 0.1) is 11.8 Å².